The lowest BCUT2D eigenvalue weighted by molar-refractivity contribution is 0.0565. The molecule has 21 heavy (non-hydrogen) atoms. The first-order valence-electron chi connectivity index (χ1n) is 6.99. The Morgan fingerprint density at radius 3 is 2.48 bits per heavy atom. The van der Waals surface area contributed by atoms with Crippen LogP contribution in [-0.2, 0) is 0 Å². The molecule has 1 aliphatic rings. The fourth-order valence-corrected chi connectivity index (χ4v) is 2.76. The molecule has 0 N–H and O–H groups in total. The lowest BCUT2D eigenvalue weighted by atomic mass is 10.1. The minimum atomic E-state index is -0.0566. The second kappa shape index (κ2) is 6.35. The zero-order valence-corrected chi connectivity index (χ0v) is 13.1. The van der Waals surface area contributed by atoms with Gasteiger partial charge in [-0.05, 0) is 40.2 Å². The summed E-state index contributed by atoms with van der Waals surface area (Å²) in [7, 11) is 0. The van der Waals surface area contributed by atoms with Crippen molar-refractivity contribution >= 4 is 21.8 Å². The molecule has 1 fully saturated rings. The molecule has 1 aliphatic heterocycles. The molecule has 2 heterocycles. The summed E-state index contributed by atoms with van der Waals surface area (Å²) >= 11 is 3.21. The number of hydrogen-bond acceptors (Lipinski definition) is 3. The summed E-state index contributed by atoms with van der Waals surface area (Å²) in [4.78, 5) is 14.1. The molecular weight excluding hydrogens is 334 g/mol. The van der Waals surface area contributed by atoms with Crippen LogP contribution in [0.2, 0.25) is 0 Å². The van der Waals surface area contributed by atoms with Crippen LogP contribution in [0.4, 0.5) is 0 Å². The Labute approximate surface area is 131 Å². The van der Waals surface area contributed by atoms with Crippen molar-refractivity contribution in [2.75, 3.05) is 13.1 Å². The van der Waals surface area contributed by atoms with Gasteiger partial charge in [-0.1, -0.05) is 18.2 Å². The van der Waals surface area contributed by atoms with Gasteiger partial charge < -0.3 is 14.1 Å². The van der Waals surface area contributed by atoms with Crippen LogP contribution in [0.5, 0.6) is 5.75 Å². The molecule has 4 nitrogen and oxygen atoms in total. The number of furan rings is 1. The van der Waals surface area contributed by atoms with E-state index < -0.39 is 0 Å². The molecule has 0 saturated carbocycles. The molecule has 0 unspecified atom stereocenters. The topological polar surface area (TPSA) is 42.7 Å². The van der Waals surface area contributed by atoms with Crippen molar-refractivity contribution in [2.24, 2.45) is 0 Å². The third-order valence-corrected chi connectivity index (χ3v) is 3.99. The van der Waals surface area contributed by atoms with E-state index in [9.17, 15) is 4.79 Å². The van der Waals surface area contributed by atoms with Gasteiger partial charge in [-0.25, -0.2) is 0 Å². The maximum absolute atomic E-state index is 12.2. The lowest BCUT2D eigenvalue weighted by Gasteiger charge is -2.31. The fourth-order valence-electron chi connectivity index (χ4n) is 2.45. The first kappa shape index (κ1) is 14.2. The quantitative estimate of drug-likeness (QED) is 0.847. The van der Waals surface area contributed by atoms with Gasteiger partial charge in [0, 0.05) is 25.9 Å². The first-order valence-corrected chi connectivity index (χ1v) is 7.78. The monoisotopic (exact) mass is 349 g/mol. The Morgan fingerprint density at radius 2 is 1.86 bits per heavy atom. The average Bonchev–Trinajstić information content (AvgIpc) is 2.95. The molecule has 2 aromatic rings. The summed E-state index contributed by atoms with van der Waals surface area (Å²) < 4.78 is 11.8. The van der Waals surface area contributed by atoms with Crippen molar-refractivity contribution in [1.29, 1.82) is 0 Å². The smallest absolute Gasteiger partial charge is 0.289 e. The van der Waals surface area contributed by atoms with Gasteiger partial charge in [-0.3, -0.25) is 4.79 Å². The van der Waals surface area contributed by atoms with E-state index in [-0.39, 0.29) is 12.0 Å². The van der Waals surface area contributed by atoms with Crippen LogP contribution in [0.1, 0.15) is 23.4 Å². The molecule has 0 atom stereocenters. The molecule has 1 aromatic carbocycles. The Bertz CT molecular complexity index is 603. The molecule has 0 aliphatic carbocycles. The average molecular weight is 350 g/mol. The second-order valence-corrected chi connectivity index (χ2v) is 5.81. The summed E-state index contributed by atoms with van der Waals surface area (Å²) in [5.41, 5.74) is 0. The number of nitrogens with zero attached hydrogens (tertiary/aromatic N) is 1. The van der Waals surface area contributed by atoms with Gasteiger partial charge in [-0.2, -0.15) is 0 Å². The molecule has 0 spiro atoms. The minimum absolute atomic E-state index is 0.0566. The van der Waals surface area contributed by atoms with Crippen molar-refractivity contribution in [3.05, 3.63) is 52.9 Å². The SMILES string of the molecule is O=C(c1ccc(Br)o1)N1CCC(Oc2ccccc2)CC1. The van der Waals surface area contributed by atoms with E-state index in [4.69, 9.17) is 9.15 Å². The first-order chi connectivity index (χ1) is 10.2. The zero-order chi connectivity index (χ0) is 14.7. The molecule has 3 rings (SSSR count). The van der Waals surface area contributed by atoms with E-state index in [1.54, 1.807) is 12.1 Å². The molecule has 5 heteroatoms. The summed E-state index contributed by atoms with van der Waals surface area (Å²) in [6.07, 6.45) is 1.84. The number of para-hydroxylation sites is 1. The van der Waals surface area contributed by atoms with E-state index in [2.05, 4.69) is 15.9 Å². The number of halogens is 1. The Balaban J connectivity index is 1.54. The van der Waals surface area contributed by atoms with Crippen LogP contribution in [0, 0.1) is 0 Å². The standard InChI is InChI=1S/C16H16BrNO3/c17-15-7-6-14(21-15)16(19)18-10-8-13(9-11-18)20-12-4-2-1-3-5-12/h1-7,13H,8-11H2. The number of hydrogen-bond donors (Lipinski definition) is 0. The number of piperidine rings is 1. The molecule has 0 radical (unpaired) electrons. The van der Waals surface area contributed by atoms with Crippen molar-refractivity contribution in [2.45, 2.75) is 18.9 Å². The van der Waals surface area contributed by atoms with Gasteiger partial charge in [0.25, 0.3) is 5.91 Å². The predicted molar refractivity (Wildman–Crippen MR) is 82.4 cm³/mol. The van der Waals surface area contributed by atoms with Crippen LogP contribution in [0.15, 0.2) is 51.6 Å². The fraction of sp³-hybridized carbons (Fsp3) is 0.312. The van der Waals surface area contributed by atoms with Crippen LogP contribution in [-0.4, -0.2) is 30.0 Å². The Hall–Kier alpha value is -1.75. The van der Waals surface area contributed by atoms with Gasteiger partial charge in [0.05, 0.1) is 0 Å². The van der Waals surface area contributed by atoms with Crippen molar-refractivity contribution < 1.29 is 13.9 Å². The molecule has 0 bridgehead atoms. The van der Waals surface area contributed by atoms with Crippen molar-refractivity contribution in [1.82, 2.24) is 4.90 Å². The normalized spacial score (nSPS) is 16.0. The third kappa shape index (κ3) is 3.47. The van der Waals surface area contributed by atoms with Crippen LogP contribution < -0.4 is 4.74 Å². The maximum Gasteiger partial charge on any atom is 0.289 e. The van der Waals surface area contributed by atoms with E-state index in [1.807, 2.05) is 35.2 Å². The van der Waals surface area contributed by atoms with Crippen LogP contribution in [0.3, 0.4) is 0 Å². The lowest BCUT2D eigenvalue weighted by Crippen LogP contribution is -2.41. The molecule has 1 aromatic heterocycles. The minimum Gasteiger partial charge on any atom is -0.490 e. The highest BCUT2D eigenvalue weighted by Gasteiger charge is 2.26. The van der Waals surface area contributed by atoms with Crippen LogP contribution in [0.25, 0.3) is 0 Å². The van der Waals surface area contributed by atoms with E-state index in [0.29, 0.717) is 23.5 Å². The highest BCUT2D eigenvalue weighted by Crippen LogP contribution is 2.21. The van der Waals surface area contributed by atoms with E-state index in [0.717, 1.165) is 18.6 Å². The predicted octanol–water partition coefficient (Wildman–Crippen LogP) is 3.73. The third-order valence-electron chi connectivity index (χ3n) is 3.56. The molecule has 1 amide bonds. The van der Waals surface area contributed by atoms with Crippen molar-refractivity contribution in [3.63, 3.8) is 0 Å². The number of ether oxygens (including phenoxy) is 1. The Morgan fingerprint density at radius 1 is 1.14 bits per heavy atom. The van der Waals surface area contributed by atoms with Gasteiger partial charge in [0.1, 0.15) is 11.9 Å². The maximum atomic E-state index is 12.2. The molecule has 1 saturated heterocycles. The molecular formula is C16H16BrNO3. The zero-order valence-electron chi connectivity index (χ0n) is 11.5. The number of carbonyl (C=O) groups is 1. The summed E-state index contributed by atoms with van der Waals surface area (Å²) in [6, 6.07) is 13.2. The van der Waals surface area contributed by atoms with Crippen LogP contribution >= 0.6 is 15.9 Å². The Kier molecular flexibility index (Phi) is 4.29. The summed E-state index contributed by atoms with van der Waals surface area (Å²) in [5.74, 6) is 1.21. The molecule has 110 valence electrons. The summed E-state index contributed by atoms with van der Waals surface area (Å²) in [5, 5.41) is 0. The highest BCUT2D eigenvalue weighted by atomic mass is 79.9. The number of rotatable bonds is 3. The number of carbonyl (C=O) groups excluding carboxylic acids is 1. The highest BCUT2D eigenvalue weighted by molar-refractivity contribution is 9.10. The largest absolute Gasteiger partial charge is 0.490 e. The van der Waals surface area contributed by atoms with E-state index in [1.165, 1.54) is 0 Å². The van der Waals surface area contributed by atoms with Gasteiger partial charge >= 0.3 is 0 Å². The van der Waals surface area contributed by atoms with Gasteiger partial charge in [-0.15, -0.1) is 0 Å². The second-order valence-electron chi connectivity index (χ2n) is 5.03. The van der Waals surface area contributed by atoms with Gasteiger partial charge in [0.15, 0.2) is 10.4 Å². The summed E-state index contributed by atoms with van der Waals surface area (Å²) in [6.45, 7) is 1.38. The number of amides is 1. The number of likely N-dealkylation sites (tertiary alicyclic amines) is 1. The van der Waals surface area contributed by atoms with E-state index >= 15 is 0 Å². The van der Waals surface area contributed by atoms with Gasteiger partial charge in [0.2, 0.25) is 0 Å². The van der Waals surface area contributed by atoms with Crippen molar-refractivity contribution in [3.8, 4) is 5.75 Å². The number of benzene rings is 1.